The van der Waals surface area contributed by atoms with Gasteiger partial charge in [0, 0.05) is 10.0 Å². The van der Waals surface area contributed by atoms with Gasteiger partial charge in [-0.3, -0.25) is 9.69 Å². The van der Waals surface area contributed by atoms with Gasteiger partial charge in [0.15, 0.2) is 0 Å². The smallest absolute Gasteiger partial charge is 0.323 e. The Balaban J connectivity index is 1.86. The third-order valence-corrected chi connectivity index (χ3v) is 5.43. The van der Waals surface area contributed by atoms with E-state index in [4.69, 9.17) is 23.2 Å². The number of nitrogens with one attached hydrogen (secondary N) is 1. The maximum atomic E-state index is 12.9. The molecular formula is C16H18Cl2N2O2. The maximum absolute atomic E-state index is 12.9. The van der Waals surface area contributed by atoms with Crippen molar-refractivity contribution >= 4 is 35.1 Å². The van der Waals surface area contributed by atoms with E-state index >= 15 is 0 Å². The molecule has 1 aromatic carbocycles. The van der Waals surface area contributed by atoms with Crippen LogP contribution in [0.2, 0.25) is 10.0 Å². The third-order valence-electron chi connectivity index (χ3n) is 4.85. The molecule has 6 heteroatoms. The monoisotopic (exact) mass is 340 g/mol. The van der Waals surface area contributed by atoms with Gasteiger partial charge in [-0.2, -0.15) is 0 Å². The fraction of sp³-hybridized carbons (Fsp3) is 0.500. The number of rotatable bonds is 2. The van der Waals surface area contributed by atoms with Crippen LogP contribution in [-0.2, 0) is 11.3 Å². The van der Waals surface area contributed by atoms with Crippen LogP contribution >= 0.6 is 23.2 Å². The van der Waals surface area contributed by atoms with E-state index < -0.39 is 5.54 Å². The summed E-state index contributed by atoms with van der Waals surface area (Å²) in [6.07, 6.45) is 3.74. The molecule has 1 aliphatic carbocycles. The number of halogens is 2. The minimum atomic E-state index is -0.728. The highest BCUT2D eigenvalue weighted by Crippen LogP contribution is 2.38. The van der Waals surface area contributed by atoms with Gasteiger partial charge in [0.1, 0.15) is 5.54 Å². The molecule has 1 heterocycles. The van der Waals surface area contributed by atoms with Gasteiger partial charge in [0.2, 0.25) is 0 Å². The number of urea groups is 1. The van der Waals surface area contributed by atoms with Crippen molar-refractivity contribution < 1.29 is 9.59 Å². The summed E-state index contributed by atoms with van der Waals surface area (Å²) in [7, 11) is 0. The van der Waals surface area contributed by atoms with Crippen LogP contribution in [0, 0.1) is 5.92 Å². The van der Waals surface area contributed by atoms with Crippen molar-refractivity contribution in [1.82, 2.24) is 10.2 Å². The SMILES string of the molecule is C[C@H]1CCCC[C@@]12NC(=O)N(Cc1ccc(Cl)cc1Cl)C2=O. The first-order valence-corrected chi connectivity index (χ1v) is 8.27. The number of hydrogen-bond donors (Lipinski definition) is 1. The molecule has 2 atom stereocenters. The number of carbonyl (C=O) groups excluding carboxylic acids is 2. The van der Waals surface area contributed by atoms with E-state index in [9.17, 15) is 9.59 Å². The molecule has 118 valence electrons. The zero-order valence-corrected chi connectivity index (χ0v) is 13.9. The topological polar surface area (TPSA) is 49.4 Å². The largest absolute Gasteiger partial charge is 0.325 e. The summed E-state index contributed by atoms with van der Waals surface area (Å²) in [5.74, 6) is 0.0270. The molecule has 1 spiro atoms. The Kier molecular flexibility index (Phi) is 4.08. The summed E-state index contributed by atoms with van der Waals surface area (Å²) in [6, 6.07) is 4.75. The van der Waals surface area contributed by atoms with E-state index in [1.807, 2.05) is 6.92 Å². The van der Waals surface area contributed by atoms with Crippen molar-refractivity contribution in [2.24, 2.45) is 5.92 Å². The van der Waals surface area contributed by atoms with Crippen LogP contribution in [0.5, 0.6) is 0 Å². The molecule has 22 heavy (non-hydrogen) atoms. The van der Waals surface area contributed by atoms with Crippen LogP contribution < -0.4 is 5.32 Å². The second-order valence-corrected chi connectivity index (χ2v) is 7.02. The fourth-order valence-electron chi connectivity index (χ4n) is 3.46. The van der Waals surface area contributed by atoms with Gasteiger partial charge in [-0.05, 0) is 36.5 Å². The molecule has 1 aromatic rings. The minimum absolute atomic E-state index is 0.129. The van der Waals surface area contributed by atoms with Gasteiger partial charge >= 0.3 is 6.03 Å². The zero-order valence-electron chi connectivity index (χ0n) is 12.4. The quantitative estimate of drug-likeness (QED) is 0.827. The Morgan fingerprint density at radius 3 is 2.77 bits per heavy atom. The number of benzene rings is 1. The van der Waals surface area contributed by atoms with Crippen molar-refractivity contribution in [3.05, 3.63) is 33.8 Å². The highest BCUT2D eigenvalue weighted by molar-refractivity contribution is 6.35. The molecule has 2 aliphatic rings. The molecule has 1 N–H and O–H groups in total. The highest BCUT2D eigenvalue weighted by atomic mass is 35.5. The number of hydrogen-bond acceptors (Lipinski definition) is 2. The van der Waals surface area contributed by atoms with E-state index in [0.717, 1.165) is 24.8 Å². The van der Waals surface area contributed by atoms with E-state index in [1.54, 1.807) is 18.2 Å². The van der Waals surface area contributed by atoms with Gasteiger partial charge in [0.25, 0.3) is 5.91 Å². The lowest BCUT2D eigenvalue weighted by Crippen LogP contribution is -2.53. The Morgan fingerprint density at radius 1 is 1.32 bits per heavy atom. The average Bonchev–Trinajstić information content (AvgIpc) is 2.70. The lowest BCUT2D eigenvalue weighted by atomic mass is 9.73. The lowest BCUT2D eigenvalue weighted by molar-refractivity contribution is -0.134. The average molecular weight is 341 g/mol. The van der Waals surface area contributed by atoms with Gasteiger partial charge in [-0.1, -0.05) is 49.0 Å². The molecule has 4 nitrogen and oxygen atoms in total. The Morgan fingerprint density at radius 2 is 2.09 bits per heavy atom. The first-order valence-electron chi connectivity index (χ1n) is 7.52. The van der Waals surface area contributed by atoms with Crippen molar-refractivity contribution in [3.8, 4) is 0 Å². The minimum Gasteiger partial charge on any atom is -0.323 e. The molecule has 0 bridgehead atoms. The molecule has 1 saturated carbocycles. The van der Waals surface area contributed by atoms with Gasteiger partial charge in [0.05, 0.1) is 6.54 Å². The molecule has 3 rings (SSSR count). The van der Waals surface area contributed by atoms with Gasteiger partial charge < -0.3 is 5.32 Å². The van der Waals surface area contributed by atoms with Crippen molar-refractivity contribution in [1.29, 1.82) is 0 Å². The summed E-state index contributed by atoms with van der Waals surface area (Å²) < 4.78 is 0. The molecule has 0 unspecified atom stereocenters. The van der Waals surface area contributed by atoms with Crippen LogP contribution in [0.25, 0.3) is 0 Å². The molecule has 1 aliphatic heterocycles. The van der Waals surface area contributed by atoms with Crippen LogP contribution in [0.4, 0.5) is 4.79 Å². The van der Waals surface area contributed by atoms with Crippen LogP contribution in [0.1, 0.15) is 38.2 Å². The van der Waals surface area contributed by atoms with Crippen molar-refractivity contribution in [2.45, 2.75) is 44.7 Å². The summed E-state index contributed by atoms with van der Waals surface area (Å²) in [6.45, 7) is 2.21. The summed E-state index contributed by atoms with van der Waals surface area (Å²) in [5, 5.41) is 3.93. The van der Waals surface area contributed by atoms with E-state index in [1.165, 1.54) is 4.90 Å². The molecule has 0 radical (unpaired) electrons. The Labute approximate surface area is 139 Å². The number of carbonyl (C=O) groups is 2. The van der Waals surface area contributed by atoms with E-state index in [2.05, 4.69) is 5.32 Å². The van der Waals surface area contributed by atoms with Crippen LogP contribution in [0.3, 0.4) is 0 Å². The van der Waals surface area contributed by atoms with Gasteiger partial charge in [-0.15, -0.1) is 0 Å². The van der Waals surface area contributed by atoms with Crippen LogP contribution in [-0.4, -0.2) is 22.4 Å². The summed E-state index contributed by atoms with van der Waals surface area (Å²) >= 11 is 12.0. The first kappa shape index (κ1) is 15.6. The molecular weight excluding hydrogens is 323 g/mol. The number of imide groups is 1. The maximum Gasteiger partial charge on any atom is 0.325 e. The predicted molar refractivity (Wildman–Crippen MR) is 85.9 cm³/mol. The highest BCUT2D eigenvalue weighted by Gasteiger charge is 2.54. The fourth-order valence-corrected chi connectivity index (χ4v) is 3.93. The first-order chi connectivity index (χ1) is 10.4. The van der Waals surface area contributed by atoms with Crippen molar-refractivity contribution in [3.63, 3.8) is 0 Å². The number of amides is 3. The zero-order chi connectivity index (χ0) is 15.9. The predicted octanol–water partition coefficient (Wildman–Crippen LogP) is 3.99. The second-order valence-electron chi connectivity index (χ2n) is 6.18. The van der Waals surface area contributed by atoms with E-state index in [-0.39, 0.29) is 24.4 Å². The summed E-state index contributed by atoms with van der Waals surface area (Å²) in [5.41, 5.74) is -0.0103. The number of nitrogens with zero attached hydrogens (tertiary/aromatic N) is 1. The third kappa shape index (κ3) is 2.48. The van der Waals surface area contributed by atoms with Gasteiger partial charge in [-0.25, -0.2) is 4.79 Å². The Bertz CT molecular complexity index is 635. The lowest BCUT2D eigenvalue weighted by Gasteiger charge is -2.36. The molecule has 2 fully saturated rings. The normalized spacial score (nSPS) is 28.3. The molecule has 3 amide bonds. The van der Waals surface area contributed by atoms with Crippen LogP contribution in [0.15, 0.2) is 18.2 Å². The standard InChI is InChI=1S/C16H18Cl2N2O2/c1-10-4-2-3-7-16(10)14(21)20(15(22)19-16)9-11-5-6-12(17)8-13(11)18/h5-6,8,10H,2-4,7,9H2,1H3,(H,19,22)/t10-,16+/m0/s1. The Hall–Kier alpha value is -1.26. The van der Waals surface area contributed by atoms with Crippen molar-refractivity contribution in [2.75, 3.05) is 0 Å². The second kappa shape index (κ2) is 5.74. The molecule has 1 saturated heterocycles. The summed E-state index contributed by atoms with van der Waals surface area (Å²) in [4.78, 5) is 26.4. The molecule has 0 aromatic heterocycles. The van der Waals surface area contributed by atoms with E-state index in [0.29, 0.717) is 16.5 Å².